The van der Waals surface area contributed by atoms with Crippen LogP contribution >= 0.6 is 11.6 Å². The zero-order valence-corrected chi connectivity index (χ0v) is 17.0. The number of fused-ring (bicyclic) bond motifs is 3. The van der Waals surface area contributed by atoms with E-state index in [9.17, 15) is 0 Å². The maximum Gasteiger partial charge on any atom is 0.260 e. The van der Waals surface area contributed by atoms with Gasteiger partial charge in [-0.05, 0) is 63.5 Å². The molecule has 28 heavy (non-hydrogen) atoms. The van der Waals surface area contributed by atoms with Gasteiger partial charge in [0, 0.05) is 17.0 Å². The first-order chi connectivity index (χ1) is 13.5. The molecule has 148 valence electrons. The molecule has 2 aromatic rings. The molecular weight excluding hydrogens is 376 g/mol. The number of rotatable bonds is 2. The molecule has 0 bridgehead atoms. The fraction of sp³-hybridized carbons (Fsp3) is 0.524. The molecule has 1 saturated carbocycles. The highest BCUT2D eigenvalue weighted by atomic mass is 35.5. The molecule has 3 heterocycles. The van der Waals surface area contributed by atoms with Gasteiger partial charge < -0.3 is 14.4 Å². The predicted octanol–water partition coefficient (Wildman–Crippen LogP) is 3.82. The molecule has 0 unspecified atom stereocenters. The van der Waals surface area contributed by atoms with E-state index >= 15 is 0 Å². The maximum atomic E-state index is 6.32. The Labute approximate surface area is 170 Å². The Kier molecular flexibility index (Phi) is 4.36. The van der Waals surface area contributed by atoms with Crippen LogP contribution in [0, 0.1) is 0 Å². The van der Waals surface area contributed by atoms with Crippen molar-refractivity contribution in [2.75, 3.05) is 14.1 Å². The van der Waals surface area contributed by atoms with Gasteiger partial charge in [0.15, 0.2) is 0 Å². The van der Waals surface area contributed by atoms with Crippen LogP contribution in [0.25, 0.3) is 5.69 Å². The van der Waals surface area contributed by atoms with Crippen LogP contribution in [0.15, 0.2) is 30.7 Å². The van der Waals surface area contributed by atoms with Gasteiger partial charge >= 0.3 is 0 Å². The van der Waals surface area contributed by atoms with Crippen LogP contribution in [0.5, 0.6) is 0 Å². The van der Waals surface area contributed by atoms with E-state index in [0.717, 1.165) is 35.7 Å². The summed E-state index contributed by atoms with van der Waals surface area (Å²) in [5.74, 6) is 1.59. The highest BCUT2D eigenvalue weighted by molar-refractivity contribution is 6.30. The number of ether oxygens (including phenoxy) is 2. The molecule has 1 aliphatic carbocycles. The van der Waals surface area contributed by atoms with Gasteiger partial charge in [-0.3, -0.25) is 4.57 Å². The summed E-state index contributed by atoms with van der Waals surface area (Å²) in [6.45, 7) is 0. The number of halogens is 1. The minimum Gasteiger partial charge on any atom is -0.456 e. The third kappa shape index (κ3) is 2.99. The zero-order chi connectivity index (χ0) is 19.3. The van der Waals surface area contributed by atoms with Gasteiger partial charge in [-0.1, -0.05) is 11.6 Å². The number of hydrogen-bond acceptors (Lipinski definition) is 5. The molecule has 6 nitrogen and oxygen atoms in total. The lowest BCUT2D eigenvalue weighted by Crippen LogP contribution is -2.35. The van der Waals surface area contributed by atoms with Crippen molar-refractivity contribution >= 4 is 11.6 Å². The Morgan fingerprint density at radius 3 is 2.54 bits per heavy atom. The average molecular weight is 401 g/mol. The van der Waals surface area contributed by atoms with Crippen molar-refractivity contribution in [3.8, 4) is 5.69 Å². The second-order valence-corrected chi connectivity index (χ2v) is 8.76. The van der Waals surface area contributed by atoms with Gasteiger partial charge in [0.2, 0.25) is 0 Å². The van der Waals surface area contributed by atoms with Crippen LogP contribution < -0.4 is 0 Å². The van der Waals surface area contributed by atoms with E-state index < -0.39 is 5.79 Å². The first-order valence-corrected chi connectivity index (χ1v) is 10.3. The van der Waals surface area contributed by atoms with E-state index in [1.807, 2.05) is 12.1 Å². The Bertz CT molecular complexity index is 907. The summed E-state index contributed by atoms with van der Waals surface area (Å²) in [6, 6.07) is 6.67. The van der Waals surface area contributed by atoms with Gasteiger partial charge in [0.1, 0.15) is 24.2 Å². The van der Waals surface area contributed by atoms with E-state index in [2.05, 4.69) is 39.8 Å². The van der Waals surface area contributed by atoms with E-state index in [1.54, 1.807) is 12.5 Å². The number of benzene rings is 1. The molecule has 2 aliphatic heterocycles. The smallest absolute Gasteiger partial charge is 0.260 e. The number of nitrogens with zero attached hydrogens (tertiary/aromatic N) is 4. The first kappa shape index (κ1) is 18.0. The van der Waals surface area contributed by atoms with Gasteiger partial charge in [-0.2, -0.15) is 0 Å². The van der Waals surface area contributed by atoms with E-state index in [0.29, 0.717) is 29.8 Å². The highest BCUT2D eigenvalue weighted by Crippen LogP contribution is 2.40. The Balaban J connectivity index is 1.55. The Morgan fingerprint density at radius 1 is 1.07 bits per heavy atom. The lowest BCUT2D eigenvalue weighted by Gasteiger charge is -2.32. The van der Waals surface area contributed by atoms with E-state index in [1.165, 1.54) is 12.8 Å². The van der Waals surface area contributed by atoms with Gasteiger partial charge in [-0.15, -0.1) is 10.2 Å². The lowest BCUT2D eigenvalue weighted by molar-refractivity contribution is -0.139. The second-order valence-electron chi connectivity index (χ2n) is 8.32. The molecule has 0 atom stereocenters. The van der Waals surface area contributed by atoms with Gasteiger partial charge in [0.25, 0.3) is 5.79 Å². The minimum absolute atomic E-state index is 0.415. The van der Waals surface area contributed by atoms with Crippen molar-refractivity contribution in [1.82, 2.24) is 19.7 Å². The molecule has 5 rings (SSSR count). The van der Waals surface area contributed by atoms with Crippen LogP contribution in [-0.2, 0) is 22.3 Å². The number of hydrogen-bond donors (Lipinski definition) is 0. The minimum atomic E-state index is -0.763. The van der Waals surface area contributed by atoms with Crippen LogP contribution in [-0.4, -0.2) is 45.6 Å². The van der Waals surface area contributed by atoms with Crippen molar-refractivity contribution in [3.63, 3.8) is 0 Å². The van der Waals surface area contributed by atoms with Gasteiger partial charge in [-0.25, -0.2) is 0 Å². The molecule has 1 fully saturated rings. The molecule has 1 aromatic carbocycles. The fourth-order valence-electron chi connectivity index (χ4n) is 4.83. The molecule has 7 heteroatoms. The quantitative estimate of drug-likeness (QED) is 0.767. The van der Waals surface area contributed by atoms with Crippen molar-refractivity contribution in [1.29, 1.82) is 0 Å². The summed E-state index contributed by atoms with van der Waals surface area (Å²) in [6.07, 6.45) is 9.02. The Hall–Kier alpha value is -2.05. The summed E-state index contributed by atoms with van der Waals surface area (Å²) in [4.78, 5) is 2.34. The third-order valence-corrected chi connectivity index (χ3v) is 6.57. The first-order valence-electron chi connectivity index (χ1n) is 9.95. The van der Waals surface area contributed by atoms with Crippen LogP contribution in [0.1, 0.15) is 48.8 Å². The summed E-state index contributed by atoms with van der Waals surface area (Å²) in [7, 11) is 4.34. The molecule has 0 saturated heterocycles. The fourth-order valence-corrected chi connectivity index (χ4v) is 5.02. The third-order valence-electron chi connectivity index (χ3n) is 6.34. The predicted molar refractivity (Wildman–Crippen MR) is 107 cm³/mol. The summed E-state index contributed by atoms with van der Waals surface area (Å²) in [5, 5.41) is 9.92. The van der Waals surface area contributed by atoms with E-state index in [4.69, 9.17) is 21.1 Å². The van der Waals surface area contributed by atoms with Crippen LogP contribution in [0.4, 0.5) is 0 Å². The number of aromatic nitrogens is 3. The molecule has 1 spiro atoms. The molecule has 0 radical (unpaired) electrons. The molecule has 0 amide bonds. The topological polar surface area (TPSA) is 52.4 Å². The SMILES string of the molecule is CN(C)C1CCC(c2nnc3n2-c2ccc(Cl)cc2CC2(C3)OC=CO2)CC1. The molecular formula is C21H25ClN4O2. The van der Waals surface area contributed by atoms with Crippen molar-refractivity contribution < 1.29 is 9.47 Å². The zero-order valence-electron chi connectivity index (χ0n) is 16.3. The average Bonchev–Trinajstić information content (AvgIpc) is 3.27. The lowest BCUT2D eigenvalue weighted by atomic mass is 9.85. The molecule has 1 aromatic heterocycles. The summed E-state index contributed by atoms with van der Waals surface area (Å²) in [5.41, 5.74) is 2.18. The highest BCUT2D eigenvalue weighted by Gasteiger charge is 2.42. The summed E-state index contributed by atoms with van der Waals surface area (Å²) >= 11 is 6.32. The standard InChI is InChI=1S/C21H25ClN4O2/c1-25(2)17-6-3-14(4-7-17)20-24-23-19-13-21(27-9-10-28-21)12-15-11-16(22)5-8-18(15)26(19)20/h5,8-11,14,17H,3-4,6-7,12-13H2,1-2H3. The monoisotopic (exact) mass is 400 g/mol. The maximum absolute atomic E-state index is 6.32. The van der Waals surface area contributed by atoms with Crippen LogP contribution in [0.3, 0.4) is 0 Å². The van der Waals surface area contributed by atoms with Crippen LogP contribution in [0.2, 0.25) is 5.02 Å². The van der Waals surface area contributed by atoms with E-state index in [-0.39, 0.29) is 0 Å². The van der Waals surface area contributed by atoms with Crippen molar-refractivity contribution in [3.05, 3.63) is 53.0 Å². The van der Waals surface area contributed by atoms with Crippen molar-refractivity contribution in [2.24, 2.45) is 0 Å². The second kappa shape index (κ2) is 6.78. The van der Waals surface area contributed by atoms with Crippen molar-refractivity contribution in [2.45, 2.75) is 56.3 Å². The Morgan fingerprint density at radius 2 is 1.82 bits per heavy atom. The normalized spacial score (nSPS) is 25.1. The molecule has 3 aliphatic rings. The van der Waals surface area contributed by atoms with Gasteiger partial charge in [0.05, 0.1) is 18.5 Å². The largest absolute Gasteiger partial charge is 0.456 e. The summed E-state index contributed by atoms with van der Waals surface area (Å²) < 4.78 is 14.0. The molecule has 0 N–H and O–H groups in total.